The summed E-state index contributed by atoms with van der Waals surface area (Å²) in [4.78, 5) is 10.5. The average Bonchev–Trinajstić information content (AvgIpc) is 2.77. The second-order valence-electron chi connectivity index (χ2n) is 3.70. The third kappa shape index (κ3) is 2.87. The van der Waals surface area contributed by atoms with E-state index in [0.717, 1.165) is 17.4 Å². The minimum absolute atomic E-state index is 0.173. The SMILES string of the molecule is COc1ccccc1-n1c(C)nnc1SCC(=O)[O-]. The molecule has 6 nitrogen and oxygen atoms in total. The number of aromatic nitrogens is 3. The highest BCUT2D eigenvalue weighted by Gasteiger charge is 2.14. The van der Waals surface area contributed by atoms with Gasteiger partial charge >= 0.3 is 0 Å². The van der Waals surface area contributed by atoms with Crippen molar-refractivity contribution in [1.82, 2.24) is 14.8 Å². The number of para-hydroxylation sites is 2. The van der Waals surface area contributed by atoms with Crippen molar-refractivity contribution in [1.29, 1.82) is 0 Å². The van der Waals surface area contributed by atoms with Gasteiger partial charge in [0.25, 0.3) is 0 Å². The predicted molar refractivity (Wildman–Crippen MR) is 68.4 cm³/mol. The van der Waals surface area contributed by atoms with Crippen LogP contribution in [0.4, 0.5) is 0 Å². The Bertz CT molecular complexity index is 598. The lowest BCUT2D eigenvalue weighted by atomic mass is 10.3. The number of aryl methyl sites for hydroxylation is 1. The minimum Gasteiger partial charge on any atom is -0.549 e. The van der Waals surface area contributed by atoms with Crippen molar-refractivity contribution < 1.29 is 14.6 Å². The number of carboxylic acid groups (broad SMARTS) is 1. The average molecular weight is 278 g/mol. The number of thioether (sulfide) groups is 1. The van der Waals surface area contributed by atoms with Crippen LogP contribution in [0.2, 0.25) is 0 Å². The first-order valence-electron chi connectivity index (χ1n) is 5.51. The first-order chi connectivity index (χ1) is 9.13. The highest BCUT2D eigenvalue weighted by molar-refractivity contribution is 7.99. The molecule has 2 aromatic rings. The van der Waals surface area contributed by atoms with Crippen molar-refractivity contribution in [2.45, 2.75) is 12.1 Å². The fraction of sp³-hybridized carbons (Fsp3) is 0.250. The van der Waals surface area contributed by atoms with Gasteiger partial charge in [-0.1, -0.05) is 23.9 Å². The Labute approximate surface area is 114 Å². The van der Waals surface area contributed by atoms with E-state index in [0.29, 0.717) is 16.7 Å². The molecule has 0 spiro atoms. The molecule has 0 amide bonds. The Morgan fingerprint density at radius 1 is 1.42 bits per heavy atom. The smallest absolute Gasteiger partial charge is 0.196 e. The van der Waals surface area contributed by atoms with Crippen LogP contribution in [0.3, 0.4) is 0 Å². The number of hydrogen-bond donors (Lipinski definition) is 0. The fourth-order valence-electron chi connectivity index (χ4n) is 1.65. The number of carbonyl (C=O) groups is 1. The number of ether oxygens (including phenoxy) is 1. The van der Waals surface area contributed by atoms with E-state index in [1.54, 1.807) is 18.6 Å². The largest absolute Gasteiger partial charge is 0.549 e. The van der Waals surface area contributed by atoms with Crippen LogP contribution in [0.15, 0.2) is 29.4 Å². The normalized spacial score (nSPS) is 10.4. The van der Waals surface area contributed by atoms with Crippen LogP contribution in [0, 0.1) is 6.92 Å². The summed E-state index contributed by atoms with van der Waals surface area (Å²) in [5.74, 6) is 0.0103. The number of methoxy groups -OCH3 is 1. The standard InChI is InChI=1S/C12H13N3O3S/c1-8-13-14-12(19-7-11(16)17)15(8)9-5-3-4-6-10(9)18-2/h3-6H,7H2,1-2H3,(H,16,17)/p-1. The van der Waals surface area contributed by atoms with E-state index in [4.69, 9.17) is 4.74 Å². The van der Waals surface area contributed by atoms with Gasteiger partial charge in [-0.15, -0.1) is 10.2 Å². The zero-order valence-corrected chi connectivity index (χ0v) is 11.3. The maximum Gasteiger partial charge on any atom is 0.196 e. The molecule has 0 unspecified atom stereocenters. The van der Waals surface area contributed by atoms with Crippen LogP contribution in [-0.2, 0) is 4.79 Å². The highest BCUT2D eigenvalue weighted by Crippen LogP contribution is 2.27. The number of aliphatic carboxylic acids is 1. The summed E-state index contributed by atoms with van der Waals surface area (Å²) in [6.07, 6.45) is 0. The van der Waals surface area contributed by atoms with Crippen molar-refractivity contribution in [2.24, 2.45) is 0 Å². The molecule has 1 aromatic carbocycles. The molecule has 1 aromatic heterocycles. The second-order valence-corrected chi connectivity index (χ2v) is 4.64. The molecule has 0 bridgehead atoms. The van der Waals surface area contributed by atoms with Crippen molar-refractivity contribution in [3.8, 4) is 11.4 Å². The number of hydrogen-bond acceptors (Lipinski definition) is 6. The van der Waals surface area contributed by atoms with E-state index in [-0.39, 0.29) is 5.75 Å². The van der Waals surface area contributed by atoms with E-state index in [1.165, 1.54) is 0 Å². The van der Waals surface area contributed by atoms with Crippen LogP contribution < -0.4 is 9.84 Å². The van der Waals surface area contributed by atoms with Crippen molar-refractivity contribution in [3.05, 3.63) is 30.1 Å². The maximum atomic E-state index is 10.5. The predicted octanol–water partition coefficient (Wildman–Crippen LogP) is 0.426. The number of nitrogens with zero attached hydrogens (tertiary/aromatic N) is 3. The molecular formula is C12H12N3O3S-. The van der Waals surface area contributed by atoms with Crippen LogP contribution in [-0.4, -0.2) is 33.6 Å². The van der Waals surface area contributed by atoms with Gasteiger partial charge in [0.15, 0.2) is 5.16 Å². The topological polar surface area (TPSA) is 80.1 Å². The van der Waals surface area contributed by atoms with E-state index in [2.05, 4.69) is 10.2 Å². The Kier molecular flexibility index (Phi) is 4.06. The second kappa shape index (κ2) is 5.75. The molecule has 0 aliphatic carbocycles. The quantitative estimate of drug-likeness (QED) is 0.738. The molecule has 0 fully saturated rings. The van der Waals surface area contributed by atoms with Crippen LogP contribution in [0.25, 0.3) is 5.69 Å². The summed E-state index contributed by atoms with van der Waals surface area (Å²) in [6, 6.07) is 7.40. The molecule has 0 saturated heterocycles. The van der Waals surface area contributed by atoms with Crippen molar-refractivity contribution in [3.63, 3.8) is 0 Å². The van der Waals surface area contributed by atoms with E-state index >= 15 is 0 Å². The van der Waals surface area contributed by atoms with Gasteiger partial charge in [-0.05, 0) is 19.1 Å². The fourth-order valence-corrected chi connectivity index (χ4v) is 2.36. The third-order valence-corrected chi connectivity index (χ3v) is 3.34. The lowest BCUT2D eigenvalue weighted by Gasteiger charge is -2.12. The molecular weight excluding hydrogens is 266 g/mol. The zero-order valence-electron chi connectivity index (χ0n) is 10.5. The zero-order chi connectivity index (χ0) is 13.8. The number of carboxylic acids is 1. The molecule has 0 N–H and O–H groups in total. The summed E-state index contributed by atoms with van der Waals surface area (Å²) < 4.78 is 7.05. The molecule has 1 heterocycles. The molecule has 2 rings (SSSR count). The Morgan fingerprint density at radius 3 is 2.84 bits per heavy atom. The van der Waals surface area contributed by atoms with Gasteiger partial charge in [0.05, 0.1) is 18.8 Å². The monoisotopic (exact) mass is 278 g/mol. The lowest BCUT2D eigenvalue weighted by molar-refractivity contribution is -0.301. The Balaban J connectivity index is 2.43. The molecule has 7 heteroatoms. The van der Waals surface area contributed by atoms with Gasteiger partial charge in [-0.2, -0.15) is 0 Å². The van der Waals surface area contributed by atoms with E-state index in [9.17, 15) is 9.90 Å². The van der Waals surface area contributed by atoms with Gasteiger partial charge in [0, 0.05) is 5.75 Å². The van der Waals surface area contributed by atoms with Gasteiger partial charge in [-0.25, -0.2) is 0 Å². The van der Waals surface area contributed by atoms with Crippen LogP contribution in [0.1, 0.15) is 5.82 Å². The first kappa shape index (κ1) is 13.4. The molecule has 100 valence electrons. The summed E-state index contributed by atoms with van der Waals surface area (Å²) in [5, 5.41) is 19.0. The van der Waals surface area contributed by atoms with E-state index in [1.807, 2.05) is 24.3 Å². The molecule has 0 radical (unpaired) electrons. The summed E-state index contributed by atoms with van der Waals surface area (Å²) in [6.45, 7) is 1.79. The van der Waals surface area contributed by atoms with Crippen LogP contribution >= 0.6 is 11.8 Å². The van der Waals surface area contributed by atoms with Gasteiger partial charge in [0.2, 0.25) is 0 Å². The highest BCUT2D eigenvalue weighted by atomic mass is 32.2. The van der Waals surface area contributed by atoms with E-state index < -0.39 is 5.97 Å². The van der Waals surface area contributed by atoms with Gasteiger partial charge in [-0.3, -0.25) is 4.57 Å². The first-order valence-corrected chi connectivity index (χ1v) is 6.50. The lowest BCUT2D eigenvalue weighted by Crippen LogP contribution is -2.24. The van der Waals surface area contributed by atoms with Crippen molar-refractivity contribution in [2.75, 3.05) is 12.9 Å². The van der Waals surface area contributed by atoms with Crippen molar-refractivity contribution >= 4 is 17.7 Å². The number of rotatable bonds is 5. The van der Waals surface area contributed by atoms with Crippen LogP contribution in [0.5, 0.6) is 5.75 Å². The molecule has 0 saturated carbocycles. The minimum atomic E-state index is -1.14. The number of benzene rings is 1. The summed E-state index contributed by atoms with van der Waals surface area (Å²) >= 11 is 1.06. The molecule has 0 aliphatic rings. The summed E-state index contributed by atoms with van der Waals surface area (Å²) in [5.41, 5.74) is 0.772. The third-order valence-electron chi connectivity index (χ3n) is 2.44. The maximum absolute atomic E-state index is 10.5. The number of carbonyl (C=O) groups excluding carboxylic acids is 1. The van der Waals surface area contributed by atoms with Gasteiger partial charge < -0.3 is 14.6 Å². The van der Waals surface area contributed by atoms with Gasteiger partial charge in [0.1, 0.15) is 11.6 Å². The Morgan fingerprint density at radius 2 is 2.16 bits per heavy atom. The Hall–Kier alpha value is -2.02. The molecule has 0 aliphatic heterocycles. The molecule has 0 atom stereocenters. The molecule has 19 heavy (non-hydrogen) atoms. The summed E-state index contributed by atoms with van der Waals surface area (Å²) in [7, 11) is 1.58.